The topological polar surface area (TPSA) is 50.1 Å². The summed E-state index contributed by atoms with van der Waals surface area (Å²) in [6.45, 7) is 5.38. The van der Waals surface area contributed by atoms with E-state index in [4.69, 9.17) is 0 Å². The number of nitrogens with zero attached hydrogens (tertiary/aromatic N) is 2. The Morgan fingerprint density at radius 3 is 2.86 bits per heavy atom. The first-order chi connectivity index (χ1) is 6.58. The van der Waals surface area contributed by atoms with Gasteiger partial charge in [0.25, 0.3) is 0 Å². The zero-order valence-electron chi connectivity index (χ0n) is 9.12. The Labute approximate surface area is 84.9 Å². The molecule has 4 nitrogen and oxygen atoms in total. The molecule has 80 valence electrons. The lowest BCUT2D eigenvalue weighted by Crippen LogP contribution is -2.37. The van der Waals surface area contributed by atoms with Crippen LogP contribution < -0.4 is 5.32 Å². The summed E-state index contributed by atoms with van der Waals surface area (Å²) in [5.74, 6) is 0. The summed E-state index contributed by atoms with van der Waals surface area (Å²) in [7, 11) is 1.84. The Morgan fingerprint density at radius 2 is 2.36 bits per heavy atom. The first-order valence-corrected chi connectivity index (χ1v) is 4.99. The van der Waals surface area contributed by atoms with Crippen LogP contribution >= 0.6 is 0 Å². The second kappa shape index (κ2) is 4.57. The van der Waals surface area contributed by atoms with E-state index in [9.17, 15) is 5.11 Å². The van der Waals surface area contributed by atoms with Crippen molar-refractivity contribution in [2.24, 2.45) is 7.05 Å². The lowest BCUT2D eigenvalue weighted by Gasteiger charge is -2.23. The second-order valence-electron chi connectivity index (χ2n) is 3.79. The van der Waals surface area contributed by atoms with Crippen molar-refractivity contribution < 1.29 is 5.11 Å². The molecule has 0 aliphatic carbocycles. The van der Waals surface area contributed by atoms with Gasteiger partial charge in [-0.1, -0.05) is 6.92 Å². The maximum Gasteiger partial charge on any atom is 0.116 e. The van der Waals surface area contributed by atoms with E-state index in [1.54, 1.807) is 17.8 Å². The van der Waals surface area contributed by atoms with E-state index in [1.165, 1.54) is 0 Å². The predicted octanol–water partition coefficient (Wildman–Crippen LogP) is 0.627. The summed E-state index contributed by atoms with van der Waals surface area (Å²) >= 11 is 0. The third-order valence-electron chi connectivity index (χ3n) is 2.27. The van der Waals surface area contributed by atoms with Gasteiger partial charge in [0.15, 0.2) is 0 Å². The van der Waals surface area contributed by atoms with Gasteiger partial charge in [-0.05, 0) is 26.0 Å². The van der Waals surface area contributed by atoms with Crippen LogP contribution in [0.15, 0.2) is 12.3 Å². The van der Waals surface area contributed by atoms with Crippen molar-refractivity contribution in [3.8, 4) is 0 Å². The Balaban J connectivity index is 2.61. The van der Waals surface area contributed by atoms with Crippen LogP contribution in [0.25, 0.3) is 0 Å². The third kappa shape index (κ3) is 2.56. The second-order valence-corrected chi connectivity index (χ2v) is 3.79. The molecule has 0 amide bonds. The predicted molar refractivity (Wildman–Crippen MR) is 55.9 cm³/mol. The van der Waals surface area contributed by atoms with E-state index in [1.807, 2.05) is 13.1 Å². The maximum absolute atomic E-state index is 10.2. The Bertz CT molecular complexity index is 281. The summed E-state index contributed by atoms with van der Waals surface area (Å²) in [6.07, 6.45) is 2.77. The zero-order valence-corrected chi connectivity index (χ0v) is 9.12. The molecule has 1 atom stereocenters. The molecule has 0 bridgehead atoms. The fraction of sp³-hybridized carbons (Fsp3) is 0.700. The van der Waals surface area contributed by atoms with Gasteiger partial charge in [-0.15, -0.1) is 0 Å². The lowest BCUT2D eigenvalue weighted by molar-refractivity contribution is 0.0488. The van der Waals surface area contributed by atoms with Crippen molar-refractivity contribution in [1.82, 2.24) is 15.1 Å². The molecule has 4 heteroatoms. The molecular weight excluding hydrogens is 178 g/mol. The molecule has 1 rings (SSSR count). The van der Waals surface area contributed by atoms with E-state index in [0.29, 0.717) is 6.54 Å². The molecule has 1 aromatic rings. The van der Waals surface area contributed by atoms with Crippen molar-refractivity contribution in [2.75, 3.05) is 13.1 Å². The first-order valence-electron chi connectivity index (χ1n) is 4.99. The van der Waals surface area contributed by atoms with Crippen molar-refractivity contribution in [1.29, 1.82) is 0 Å². The summed E-state index contributed by atoms with van der Waals surface area (Å²) in [5, 5.41) is 17.4. The van der Waals surface area contributed by atoms with Gasteiger partial charge in [0, 0.05) is 19.8 Å². The molecule has 14 heavy (non-hydrogen) atoms. The van der Waals surface area contributed by atoms with E-state index < -0.39 is 5.60 Å². The third-order valence-corrected chi connectivity index (χ3v) is 2.27. The summed E-state index contributed by atoms with van der Waals surface area (Å²) in [5.41, 5.74) is -0.0125. The molecule has 0 saturated carbocycles. The van der Waals surface area contributed by atoms with Crippen LogP contribution in [0.1, 0.15) is 26.0 Å². The smallest absolute Gasteiger partial charge is 0.116 e. The zero-order chi connectivity index (χ0) is 10.6. The largest absolute Gasteiger partial charge is 0.383 e. The summed E-state index contributed by atoms with van der Waals surface area (Å²) < 4.78 is 1.70. The van der Waals surface area contributed by atoms with Gasteiger partial charge in [-0.3, -0.25) is 4.68 Å². The molecule has 0 radical (unpaired) electrons. The van der Waals surface area contributed by atoms with Crippen molar-refractivity contribution in [3.63, 3.8) is 0 Å². The average molecular weight is 197 g/mol. The highest BCUT2D eigenvalue weighted by Crippen LogP contribution is 2.17. The van der Waals surface area contributed by atoms with Crippen molar-refractivity contribution in [3.05, 3.63) is 18.0 Å². The van der Waals surface area contributed by atoms with Gasteiger partial charge in [0.05, 0.1) is 5.69 Å². The van der Waals surface area contributed by atoms with Crippen LogP contribution in [0.2, 0.25) is 0 Å². The molecule has 1 unspecified atom stereocenters. The maximum atomic E-state index is 10.2. The molecule has 0 aliphatic rings. The SMILES string of the molecule is CCCNCC(C)(O)c1ccnn1C. The average Bonchev–Trinajstić information content (AvgIpc) is 2.52. The molecule has 1 heterocycles. The van der Waals surface area contributed by atoms with E-state index in [-0.39, 0.29) is 0 Å². The minimum Gasteiger partial charge on any atom is -0.383 e. The summed E-state index contributed by atoms with van der Waals surface area (Å²) in [6, 6.07) is 1.84. The quantitative estimate of drug-likeness (QED) is 0.681. The molecule has 0 spiro atoms. The minimum atomic E-state index is -0.847. The minimum absolute atomic E-state index is 0.556. The first kappa shape index (κ1) is 11.2. The number of hydrogen-bond donors (Lipinski definition) is 2. The standard InChI is InChI=1S/C10H19N3O/c1-4-6-11-8-10(2,14)9-5-7-12-13(9)3/h5,7,11,14H,4,6,8H2,1-3H3. The Morgan fingerprint density at radius 1 is 1.64 bits per heavy atom. The van der Waals surface area contributed by atoms with Gasteiger partial charge in [-0.2, -0.15) is 5.10 Å². The molecule has 2 N–H and O–H groups in total. The highest BCUT2D eigenvalue weighted by molar-refractivity contribution is 5.10. The number of aryl methyl sites for hydroxylation is 1. The van der Waals surface area contributed by atoms with Gasteiger partial charge in [-0.25, -0.2) is 0 Å². The van der Waals surface area contributed by atoms with Crippen LogP contribution in [0.5, 0.6) is 0 Å². The van der Waals surface area contributed by atoms with Crippen molar-refractivity contribution >= 4 is 0 Å². The number of hydrogen-bond acceptors (Lipinski definition) is 3. The highest BCUT2D eigenvalue weighted by atomic mass is 16.3. The van der Waals surface area contributed by atoms with Crippen LogP contribution in [0.3, 0.4) is 0 Å². The molecule has 0 fully saturated rings. The van der Waals surface area contributed by atoms with E-state index in [2.05, 4.69) is 17.3 Å². The Kier molecular flexibility index (Phi) is 3.66. The molecule has 0 saturated heterocycles. The Hall–Kier alpha value is -0.870. The number of rotatable bonds is 5. The fourth-order valence-electron chi connectivity index (χ4n) is 1.50. The fourth-order valence-corrected chi connectivity index (χ4v) is 1.50. The van der Waals surface area contributed by atoms with Crippen molar-refractivity contribution in [2.45, 2.75) is 25.9 Å². The molecule has 1 aromatic heterocycles. The van der Waals surface area contributed by atoms with Gasteiger partial charge in [0.2, 0.25) is 0 Å². The molecule has 0 aliphatic heterocycles. The number of aliphatic hydroxyl groups is 1. The molecular formula is C10H19N3O. The lowest BCUT2D eigenvalue weighted by atomic mass is 10.0. The molecule has 0 aromatic carbocycles. The van der Waals surface area contributed by atoms with Gasteiger partial charge in [0.1, 0.15) is 5.60 Å². The van der Waals surface area contributed by atoms with Crippen LogP contribution in [-0.2, 0) is 12.6 Å². The van der Waals surface area contributed by atoms with Crippen LogP contribution in [0.4, 0.5) is 0 Å². The highest BCUT2D eigenvalue weighted by Gasteiger charge is 2.25. The normalized spacial score (nSPS) is 15.4. The van der Waals surface area contributed by atoms with Crippen LogP contribution in [0, 0.1) is 0 Å². The van der Waals surface area contributed by atoms with E-state index in [0.717, 1.165) is 18.7 Å². The van der Waals surface area contributed by atoms with E-state index >= 15 is 0 Å². The van der Waals surface area contributed by atoms with Crippen LogP contribution in [-0.4, -0.2) is 28.0 Å². The van der Waals surface area contributed by atoms with Gasteiger partial charge >= 0.3 is 0 Å². The number of aromatic nitrogens is 2. The number of nitrogens with one attached hydrogen (secondary N) is 1. The monoisotopic (exact) mass is 197 g/mol. The van der Waals surface area contributed by atoms with Gasteiger partial charge < -0.3 is 10.4 Å². The summed E-state index contributed by atoms with van der Waals surface area (Å²) in [4.78, 5) is 0.